The van der Waals surface area contributed by atoms with Crippen molar-refractivity contribution in [2.24, 2.45) is 7.05 Å². The number of piperazine rings is 2. The number of anilines is 4. The van der Waals surface area contributed by atoms with E-state index in [0.29, 0.717) is 62.9 Å². The number of rotatable bonds is 21. The summed E-state index contributed by atoms with van der Waals surface area (Å²) in [6.07, 6.45) is 1.58. The van der Waals surface area contributed by atoms with Crippen molar-refractivity contribution in [1.29, 1.82) is 0 Å². The minimum absolute atomic E-state index is 0.130. The van der Waals surface area contributed by atoms with Crippen LogP contribution < -0.4 is 25.2 Å². The van der Waals surface area contributed by atoms with E-state index in [1.54, 1.807) is 36.0 Å². The van der Waals surface area contributed by atoms with Crippen molar-refractivity contribution in [1.82, 2.24) is 24.6 Å². The number of likely N-dealkylation sites (N-methyl/N-ethyl adjacent to an activating group) is 1. The molecule has 0 aliphatic carbocycles. The number of halogens is 1. The number of hydrogen-bond acceptors (Lipinski definition) is 13. The number of nitro groups is 1. The molecule has 1 atom stereocenters. The molecule has 402 valence electrons. The minimum atomic E-state index is -4.19. The van der Waals surface area contributed by atoms with Gasteiger partial charge in [0.2, 0.25) is 0 Å². The van der Waals surface area contributed by atoms with E-state index in [1.165, 1.54) is 24.3 Å². The number of carbonyl (C=O) groups excluding carboxylic acids is 1. The average molecular weight is 1070 g/mol. The predicted molar refractivity (Wildman–Crippen MR) is 303 cm³/mol. The summed E-state index contributed by atoms with van der Waals surface area (Å²) in [5.41, 5.74) is 7.01. The van der Waals surface area contributed by atoms with Crippen LogP contribution in [0.2, 0.25) is 0 Å². The number of sulfonamides is 1. The number of hydrogen-bond donors (Lipinski definition) is 3. The van der Waals surface area contributed by atoms with Crippen LogP contribution in [-0.4, -0.2) is 156 Å². The highest BCUT2D eigenvalue weighted by Crippen LogP contribution is 2.40. The summed E-state index contributed by atoms with van der Waals surface area (Å²) in [4.78, 5) is 38.7. The summed E-state index contributed by atoms with van der Waals surface area (Å²) < 4.78 is 52.0. The van der Waals surface area contributed by atoms with E-state index in [0.717, 1.165) is 116 Å². The summed E-state index contributed by atoms with van der Waals surface area (Å²) in [6, 6.07) is 35.7. The van der Waals surface area contributed by atoms with E-state index in [2.05, 4.69) is 59.0 Å². The number of nitro benzene ring substituents is 1. The maximum absolute atomic E-state index is 14.2. The third kappa shape index (κ3) is 13.5. The predicted octanol–water partition coefficient (Wildman–Crippen LogP) is 8.50. The first-order chi connectivity index (χ1) is 36.8. The Morgan fingerprint density at radius 1 is 0.763 bits per heavy atom. The second-order valence-electron chi connectivity index (χ2n) is 19.8. The number of thioether (sulfide) groups is 1. The number of benzene rings is 5. The van der Waals surface area contributed by atoms with Gasteiger partial charge in [0.15, 0.2) is 0 Å². The molecule has 0 unspecified atom stereocenters. The molecule has 9 rings (SSSR count). The van der Waals surface area contributed by atoms with Crippen molar-refractivity contribution < 1.29 is 27.3 Å². The monoisotopic (exact) mass is 1070 g/mol. The van der Waals surface area contributed by atoms with Gasteiger partial charge >= 0.3 is 0 Å². The Balaban J connectivity index is 0.844. The fraction of sp³-hybridized carbons (Fsp3) is 0.386. The van der Waals surface area contributed by atoms with Gasteiger partial charge in [0, 0.05) is 137 Å². The number of nitrogens with one attached hydrogen (secondary N) is 3. The van der Waals surface area contributed by atoms with Gasteiger partial charge in [-0.05, 0) is 129 Å². The van der Waals surface area contributed by atoms with Crippen molar-refractivity contribution in [3.63, 3.8) is 0 Å². The van der Waals surface area contributed by atoms with Gasteiger partial charge in [-0.25, -0.2) is 12.8 Å². The summed E-state index contributed by atoms with van der Waals surface area (Å²) in [5, 5.41) is 19.1. The van der Waals surface area contributed by atoms with Crippen LogP contribution in [0.1, 0.15) is 28.9 Å². The highest BCUT2D eigenvalue weighted by Gasteiger charge is 2.28. The summed E-state index contributed by atoms with van der Waals surface area (Å²) in [6.45, 7) is 14.2. The Hall–Kier alpha value is -6.48. The lowest BCUT2D eigenvalue weighted by atomic mass is 9.95. The molecule has 76 heavy (non-hydrogen) atoms. The molecule has 3 saturated heterocycles. The fourth-order valence-corrected chi connectivity index (χ4v) is 12.3. The van der Waals surface area contributed by atoms with E-state index in [9.17, 15) is 27.7 Å². The average Bonchev–Trinajstić information content (AvgIpc) is 3.75. The number of aromatic nitrogens is 1. The second-order valence-corrected chi connectivity index (χ2v) is 22.6. The van der Waals surface area contributed by atoms with Gasteiger partial charge in [0.1, 0.15) is 11.5 Å². The molecule has 0 bridgehead atoms. The highest BCUT2D eigenvalue weighted by molar-refractivity contribution is 7.99. The van der Waals surface area contributed by atoms with Crippen LogP contribution in [-0.2, 0) is 21.8 Å². The largest absolute Gasteiger partial charge is 0.379 e. The van der Waals surface area contributed by atoms with Gasteiger partial charge in [0.05, 0.1) is 34.3 Å². The molecule has 6 aromatic rings. The first-order valence-corrected chi connectivity index (χ1v) is 28.7. The first kappa shape index (κ1) is 54.3. The van der Waals surface area contributed by atoms with Crippen molar-refractivity contribution in [2.45, 2.75) is 35.6 Å². The highest BCUT2D eigenvalue weighted by atomic mass is 32.2. The minimum Gasteiger partial charge on any atom is -0.379 e. The van der Waals surface area contributed by atoms with E-state index in [1.807, 2.05) is 73.1 Å². The van der Waals surface area contributed by atoms with Gasteiger partial charge in [0.25, 0.3) is 21.6 Å². The molecule has 0 radical (unpaired) electrons. The smallest absolute Gasteiger partial charge is 0.293 e. The Labute approximate surface area is 450 Å². The molecule has 3 fully saturated rings. The number of carbonyl (C=O) groups is 1. The number of morpholine rings is 1. The van der Waals surface area contributed by atoms with E-state index in [-0.39, 0.29) is 34.0 Å². The third-order valence-corrected chi connectivity index (χ3v) is 17.3. The van der Waals surface area contributed by atoms with Gasteiger partial charge in [-0.1, -0.05) is 30.3 Å². The molecule has 0 spiro atoms. The fourth-order valence-electron chi connectivity index (χ4n) is 10.3. The Kier molecular flexibility index (Phi) is 18.0. The normalized spacial score (nSPS) is 16.4. The zero-order chi connectivity index (χ0) is 53.2. The van der Waals surface area contributed by atoms with Crippen LogP contribution in [0.5, 0.6) is 0 Å². The van der Waals surface area contributed by atoms with Crippen LogP contribution in [0.3, 0.4) is 0 Å². The lowest BCUT2D eigenvalue weighted by Crippen LogP contribution is -2.46. The van der Waals surface area contributed by atoms with Crippen LogP contribution in [0.25, 0.3) is 22.4 Å². The Morgan fingerprint density at radius 3 is 2.14 bits per heavy atom. The van der Waals surface area contributed by atoms with Gasteiger partial charge in [-0.2, -0.15) is 0 Å². The van der Waals surface area contributed by atoms with E-state index < -0.39 is 14.9 Å². The number of ether oxygens (including phenoxy) is 1. The molecule has 1 amide bonds. The van der Waals surface area contributed by atoms with Gasteiger partial charge < -0.3 is 39.5 Å². The standard InChI is InChI=1S/C57H69FN10O6S2/c1-42-54(57(69)59-24-8-25-64-29-27-62(2)28-30-64)55(56(63(42)3)43-13-15-45(58)16-14-43)44-9-7-10-49(39-44)67-33-31-66(32-34-67)48-19-17-46(18-20-48)61-76(72,73)51-21-22-52(53(40-51)68(70)71)60-47(23-26-65-35-37-74-38-36-65)41-75-50-11-5-4-6-12-50/h4-7,9-22,39-40,47,60-61H,8,23-38,41H2,1-3H3,(H,59,69)/t47-/m1/s1. The SMILES string of the molecule is Cc1c(C(=O)NCCCN2CCN(C)CC2)c(-c2cccc(N3CCN(c4ccc(NS(=O)(=O)c5ccc(N[C@H](CCN6CCOCC6)CSc6ccccc6)c([N+](=O)[O-])c5)cc4)CC3)c2)c(-c2ccc(F)cc2)n1C. The summed E-state index contributed by atoms with van der Waals surface area (Å²) >= 11 is 1.67. The Morgan fingerprint density at radius 2 is 1.45 bits per heavy atom. The summed E-state index contributed by atoms with van der Waals surface area (Å²) in [5.74, 6) is 0.197. The van der Waals surface area contributed by atoms with Crippen LogP contribution in [0, 0.1) is 22.9 Å². The quantitative estimate of drug-likeness (QED) is 0.0273. The van der Waals surface area contributed by atoms with Gasteiger partial charge in [-0.3, -0.25) is 24.5 Å². The van der Waals surface area contributed by atoms with Crippen LogP contribution in [0.4, 0.5) is 32.8 Å². The number of amides is 1. The zero-order valence-corrected chi connectivity index (χ0v) is 45.3. The molecule has 3 aliphatic rings. The molecule has 16 nitrogen and oxygen atoms in total. The van der Waals surface area contributed by atoms with Crippen molar-refractivity contribution in [3.05, 3.63) is 149 Å². The van der Waals surface area contributed by atoms with Crippen LogP contribution in [0.15, 0.2) is 131 Å². The van der Waals surface area contributed by atoms with E-state index in [4.69, 9.17) is 4.74 Å². The Bertz CT molecular complexity index is 3030. The van der Waals surface area contributed by atoms with Crippen molar-refractivity contribution >= 4 is 56.1 Å². The lowest BCUT2D eigenvalue weighted by Gasteiger charge is -2.37. The van der Waals surface area contributed by atoms with Crippen molar-refractivity contribution in [2.75, 3.05) is 131 Å². The molecular formula is C57H69FN10O6S2. The van der Waals surface area contributed by atoms with E-state index >= 15 is 0 Å². The molecule has 5 aromatic carbocycles. The molecule has 0 saturated carbocycles. The van der Waals surface area contributed by atoms with Crippen LogP contribution >= 0.6 is 11.8 Å². The zero-order valence-electron chi connectivity index (χ0n) is 43.6. The van der Waals surface area contributed by atoms with Crippen molar-refractivity contribution in [3.8, 4) is 22.4 Å². The topological polar surface area (TPSA) is 161 Å². The molecule has 19 heteroatoms. The lowest BCUT2D eigenvalue weighted by molar-refractivity contribution is -0.384. The molecule has 1 aromatic heterocycles. The maximum atomic E-state index is 14.2. The number of nitrogens with zero attached hydrogens (tertiary/aromatic N) is 7. The first-order valence-electron chi connectivity index (χ1n) is 26.2. The second kappa shape index (κ2) is 25.1. The third-order valence-electron chi connectivity index (χ3n) is 14.8. The molecule has 3 N–H and O–H groups in total. The molecule has 4 heterocycles. The molecule has 3 aliphatic heterocycles. The maximum Gasteiger partial charge on any atom is 0.293 e. The summed E-state index contributed by atoms with van der Waals surface area (Å²) in [7, 11) is -0.0930. The molecular weight excluding hydrogens is 1000 g/mol. The van der Waals surface area contributed by atoms with Gasteiger partial charge in [-0.15, -0.1) is 11.8 Å².